The maximum atomic E-state index is 11.4. The van der Waals surface area contributed by atoms with Crippen LogP contribution in [0, 0.1) is 0 Å². The van der Waals surface area contributed by atoms with Crippen LogP contribution in [-0.2, 0) is 9.84 Å². The number of nitrogens with two attached hydrogens (primary N) is 1. The van der Waals surface area contributed by atoms with Gasteiger partial charge in [-0.15, -0.1) is 11.3 Å². The Morgan fingerprint density at radius 1 is 1.57 bits per heavy atom. The number of thiazole rings is 1. The molecule has 1 aromatic rings. The highest BCUT2D eigenvalue weighted by Gasteiger charge is 2.27. The molecule has 1 saturated heterocycles. The number of nitrogen functional groups attached to an aromatic ring is 1. The third kappa shape index (κ3) is 2.06. The number of hydrogen-bond acceptors (Lipinski definition) is 5. The first-order valence-corrected chi connectivity index (χ1v) is 7.18. The Morgan fingerprint density at radius 3 is 2.93 bits per heavy atom. The molecule has 2 N–H and O–H groups in total. The average Bonchev–Trinajstić information content (AvgIpc) is 2.50. The second-order valence-electron chi connectivity index (χ2n) is 3.56. The summed E-state index contributed by atoms with van der Waals surface area (Å²) in [6.07, 6.45) is 1.65. The van der Waals surface area contributed by atoms with Crippen LogP contribution >= 0.6 is 11.3 Å². The third-order valence-electron chi connectivity index (χ3n) is 2.42. The van der Waals surface area contributed by atoms with Crippen molar-refractivity contribution >= 4 is 26.3 Å². The second kappa shape index (κ2) is 3.51. The Labute approximate surface area is 87.1 Å². The van der Waals surface area contributed by atoms with Crippen molar-refractivity contribution in [3.05, 3.63) is 11.1 Å². The Morgan fingerprint density at radius 2 is 2.36 bits per heavy atom. The molecule has 0 aliphatic carbocycles. The van der Waals surface area contributed by atoms with Gasteiger partial charge in [-0.3, -0.25) is 0 Å². The van der Waals surface area contributed by atoms with Crippen LogP contribution in [0.5, 0.6) is 0 Å². The fraction of sp³-hybridized carbons (Fsp3) is 0.625. The number of sulfone groups is 1. The lowest BCUT2D eigenvalue weighted by Crippen LogP contribution is -2.23. The highest BCUT2D eigenvalue weighted by Crippen LogP contribution is 2.29. The summed E-state index contributed by atoms with van der Waals surface area (Å²) in [6.45, 7) is 0. The Bertz CT molecular complexity index is 424. The van der Waals surface area contributed by atoms with Crippen LogP contribution in [0.4, 0.5) is 5.13 Å². The number of rotatable bonds is 1. The first-order chi connectivity index (χ1) is 6.57. The highest BCUT2D eigenvalue weighted by atomic mass is 32.2. The predicted molar refractivity (Wildman–Crippen MR) is 57.2 cm³/mol. The molecule has 1 atom stereocenters. The fourth-order valence-corrected chi connectivity index (χ4v) is 4.11. The summed E-state index contributed by atoms with van der Waals surface area (Å²) < 4.78 is 22.8. The van der Waals surface area contributed by atoms with Crippen molar-refractivity contribution in [2.75, 3.05) is 17.2 Å². The van der Waals surface area contributed by atoms with Gasteiger partial charge in [0.1, 0.15) is 0 Å². The summed E-state index contributed by atoms with van der Waals surface area (Å²) in [5.74, 6) is 0.613. The molecule has 6 heteroatoms. The normalized spacial score (nSPS) is 26.1. The molecule has 78 valence electrons. The monoisotopic (exact) mass is 232 g/mol. The van der Waals surface area contributed by atoms with E-state index in [4.69, 9.17) is 5.73 Å². The summed E-state index contributed by atoms with van der Waals surface area (Å²) >= 11 is 1.37. The molecule has 0 bridgehead atoms. The topological polar surface area (TPSA) is 73.0 Å². The Balaban J connectivity index is 2.20. The predicted octanol–water partition coefficient (Wildman–Crippen LogP) is 1.02. The molecular formula is C8H12N2O2S2. The molecule has 1 aliphatic rings. The van der Waals surface area contributed by atoms with Gasteiger partial charge in [0, 0.05) is 11.3 Å². The Kier molecular flexibility index (Phi) is 2.48. The second-order valence-corrected chi connectivity index (χ2v) is 6.68. The lowest BCUT2D eigenvalue weighted by Gasteiger charge is -2.19. The molecule has 0 saturated carbocycles. The van der Waals surface area contributed by atoms with E-state index in [0.29, 0.717) is 10.9 Å². The molecule has 2 rings (SSSR count). The van der Waals surface area contributed by atoms with Crippen LogP contribution in [0.25, 0.3) is 0 Å². The zero-order chi connectivity index (χ0) is 10.2. The van der Waals surface area contributed by atoms with Gasteiger partial charge in [0.15, 0.2) is 15.0 Å². The number of hydrogen-bond donors (Lipinski definition) is 1. The quantitative estimate of drug-likeness (QED) is 0.784. The SMILES string of the molecule is Nc1nc(C2CCCS(=O)(=O)C2)cs1. The van der Waals surface area contributed by atoms with Gasteiger partial charge in [0.2, 0.25) is 0 Å². The molecule has 0 radical (unpaired) electrons. The molecule has 0 aromatic carbocycles. The molecule has 1 aliphatic heterocycles. The van der Waals surface area contributed by atoms with E-state index >= 15 is 0 Å². The molecule has 1 aromatic heterocycles. The van der Waals surface area contributed by atoms with E-state index < -0.39 is 9.84 Å². The summed E-state index contributed by atoms with van der Waals surface area (Å²) in [7, 11) is -2.85. The first kappa shape index (κ1) is 9.92. The van der Waals surface area contributed by atoms with Crippen LogP contribution in [0.1, 0.15) is 24.5 Å². The van der Waals surface area contributed by atoms with Gasteiger partial charge in [0.25, 0.3) is 0 Å². The number of anilines is 1. The summed E-state index contributed by atoms with van der Waals surface area (Å²) in [4.78, 5) is 4.13. The van der Waals surface area contributed by atoms with Gasteiger partial charge in [-0.2, -0.15) is 0 Å². The van der Waals surface area contributed by atoms with Crippen molar-refractivity contribution in [3.63, 3.8) is 0 Å². The van der Waals surface area contributed by atoms with Gasteiger partial charge in [-0.05, 0) is 12.8 Å². The summed E-state index contributed by atoms with van der Waals surface area (Å²) in [5.41, 5.74) is 6.35. The number of aromatic nitrogens is 1. The molecule has 14 heavy (non-hydrogen) atoms. The minimum Gasteiger partial charge on any atom is -0.375 e. The first-order valence-electron chi connectivity index (χ1n) is 4.48. The van der Waals surface area contributed by atoms with E-state index in [9.17, 15) is 8.42 Å². The lowest BCUT2D eigenvalue weighted by atomic mass is 10.0. The van der Waals surface area contributed by atoms with Gasteiger partial charge in [0.05, 0.1) is 17.2 Å². The summed E-state index contributed by atoms with van der Waals surface area (Å²) in [5, 5.41) is 2.38. The van der Waals surface area contributed by atoms with E-state index in [-0.39, 0.29) is 11.7 Å². The zero-order valence-electron chi connectivity index (χ0n) is 7.64. The smallest absolute Gasteiger partial charge is 0.180 e. The third-order valence-corrected chi connectivity index (χ3v) is 4.93. The molecule has 4 nitrogen and oxygen atoms in total. The van der Waals surface area contributed by atoms with E-state index in [2.05, 4.69) is 4.98 Å². The van der Waals surface area contributed by atoms with Gasteiger partial charge < -0.3 is 5.73 Å². The van der Waals surface area contributed by atoms with Crippen molar-refractivity contribution < 1.29 is 8.42 Å². The van der Waals surface area contributed by atoms with Crippen molar-refractivity contribution in [1.82, 2.24) is 4.98 Å². The highest BCUT2D eigenvalue weighted by molar-refractivity contribution is 7.91. The van der Waals surface area contributed by atoms with Crippen LogP contribution in [-0.4, -0.2) is 24.9 Å². The van der Waals surface area contributed by atoms with E-state index in [0.717, 1.165) is 18.5 Å². The van der Waals surface area contributed by atoms with Gasteiger partial charge in [-0.25, -0.2) is 13.4 Å². The average molecular weight is 232 g/mol. The molecular weight excluding hydrogens is 220 g/mol. The van der Waals surface area contributed by atoms with Crippen LogP contribution in [0.15, 0.2) is 5.38 Å². The standard InChI is InChI=1S/C8H12N2O2S2/c9-8-10-7(4-13-8)6-2-1-3-14(11,12)5-6/h4,6H,1-3,5H2,(H2,9,10). The fourth-order valence-electron chi connectivity index (χ4n) is 1.74. The zero-order valence-corrected chi connectivity index (χ0v) is 9.27. The molecule has 1 fully saturated rings. The van der Waals surface area contributed by atoms with Gasteiger partial charge in [-0.1, -0.05) is 0 Å². The molecule has 2 heterocycles. The van der Waals surface area contributed by atoms with Crippen molar-refractivity contribution in [2.45, 2.75) is 18.8 Å². The van der Waals surface area contributed by atoms with Crippen molar-refractivity contribution in [2.24, 2.45) is 0 Å². The minimum absolute atomic E-state index is 0.0577. The van der Waals surface area contributed by atoms with Crippen LogP contribution < -0.4 is 5.73 Å². The largest absolute Gasteiger partial charge is 0.375 e. The van der Waals surface area contributed by atoms with Crippen molar-refractivity contribution in [3.8, 4) is 0 Å². The van der Waals surface area contributed by atoms with Crippen LogP contribution in [0.3, 0.4) is 0 Å². The Hall–Kier alpha value is -0.620. The molecule has 0 spiro atoms. The molecule has 1 unspecified atom stereocenters. The number of nitrogens with zero attached hydrogens (tertiary/aromatic N) is 1. The lowest BCUT2D eigenvalue weighted by molar-refractivity contribution is 0.550. The maximum absolute atomic E-state index is 11.4. The van der Waals surface area contributed by atoms with Crippen molar-refractivity contribution in [1.29, 1.82) is 0 Å². The van der Waals surface area contributed by atoms with Crippen LogP contribution in [0.2, 0.25) is 0 Å². The van der Waals surface area contributed by atoms with Gasteiger partial charge >= 0.3 is 0 Å². The minimum atomic E-state index is -2.85. The van der Waals surface area contributed by atoms with E-state index in [1.165, 1.54) is 11.3 Å². The summed E-state index contributed by atoms with van der Waals surface area (Å²) in [6, 6.07) is 0. The van der Waals surface area contributed by atoms with E-state index in [1.54, 1.807) is 0 Å². The van der Waals surface area contributed by atoms with E-state index in [1.807, 2.05) is 5.38 Å². The molecule has 0 amide bonds. The maximum Gasteiger partial charge on any atom is 0.180 e.